The quantitative estimate of drug-likeness (QED) is 0.870. The van der Waals surface area contributed by atoms with E-state index < -0.39 is 0 Å². The fraction of sp³-hybridized carbons (Fsp3) is 0.500. The Labute approximate surface area is 110 Å². The zero-order chi connectivity index (χ0) is 12.4. The van der Waals surface area contributed by atoms with E-state index >= 15 is 0 Å². The lowest BCUT2D eigenvalue weighted by atomic mass is 10.3. The SMILES string of the molecule is CCc1nn(CC)c(Cn2nccc2C)c1Br. The van der Waals surface area contributed by atoms with Gasteiger partial charge >= 0.3 is 0 Å². The Kier molecular flexibility index (Phi) is 3.66. The molecule has 0 radical (unpaired) electrons. The lowest BCUT2D eigenvalue weighted by Gasteiger charge is -2.07. The summed E-state index contributed by atoms with van der Waals surface area (Å²) in [7, 11) is 0. The Bertz CT molecular complexity index is 513. The molecule has 0 unspecified atom stereocenters. The number of hydrogen-bond acceptors (Lipinski definition) is 2. The van der Waals surface area contributed by atoms with Crippen LogP contribution in [0.1, 0.15) is 30.9 Å². The largest absolute Gasteiger partial charge is 0.267 e. The van der Waals surface area contributed by atoms with Crippen molar-refractivity contribution in [3.8, 4) is 0 Å². The minimum atomic E-state index is 0.764. The van der Waals surface area contributed by atoms with Gasteiger partial charge < -0.3 is 0 Å². The lowest BCUT2D eigenvalue weighted by molar-refractivity contribution is 0.566. The van der Waals surface area contributed by atoms with Crippen molar-refractivity contribution < 1.29 is 0 Å². The van der Waals surface area contributed by atoms with Crippen LogP contribution in [0.3, 0.4) is 0 Å². The van der Waals surface area contributed by atoms with E-state index in [-0.39, 0.29) is 0 Å². The first kappa shape index (κ1) is 12.4. The summed E-state index contributed by atoms with van der Waals surface area (Å²) in [5, 5.41) is 8.90. The molecule has 4 nitrogen and oxygen atoms in total. The van der Waals surface area contributed by atoms with Crippen LogP contribution in [-0.4, -0.2) is 19.6 Å². The van der Waals surface area contributed by atoms with Crippen molar-refractivity contribution in [3.63, 3.8) is 0 Å². The summed E-state index contributed by atoms with van der Waals surface area (Å²) in [5.41, 5.74) is 3.47. The third-order valence-electron chi connectivity index (χ3n) is 2.92. The van der Waals surface area contributed by atoms with Crippen LogP contribution in [0.5, 0.6) is 0 Å². The minimum Gasteiger partial charge on any atom is -0.267 e. The van der Waals surface area contributed by atoms with Gasteiger partial charge in [0.15, 0.2) is 0 Å². The third kappa shape index (κ3) is 2.29. The summed E-state index contributed by atoms with van der Waals surface area (Å²) in [6.45, 7) is 7.94. The first-order chi connectivity index (χ1) is 8.17. The fourth-order valence-electron chi connectivity index (χ4n) is 1.87. The van der Waals surface area contributed by atoms with E-state index in [2.05, 4.69) is 46.9 Å². The number of aryl methyl sites for hydroxylation is 3. The molecule has 92 valence electrons. The van der Waals surface area contributed by atoms with Gasteiger partial charge in [-0.2, -0.15) is 10.2 Å². The molecule has 0 bridgehead atoms. The van der Waals surface area contributed by atoms with Gasteiger partial charge in [0.2, 0.25) is 0 Å². The standard InChI is InChI=1S/C12H17BrN4/c1-4-10-12(13)11(16(5-2)15-10)8-17-9(3)6-7-14-17/h6-7H,4-5,8H2,1-3H3. The Balaban J connectivity index is 2.38. The van der Waals surface area contributed by atoms with E-state index in [1.807, 2.05) is 21.6 Å². The molecule has 0 N–H and O–H groups in total. The molecule has 0 atom stereocenters. The van der Waals surface area contributed by atoms with Gasteiger partial charge in [0.05, 0.1) is 22.4 Å². The lowest BCUT2D eigenvalue weighted by Crippen LogP contribution is -2.10. The van der Waals surface area contributed by atoms with Gasteiger partial charge in [-0.3, -0.25) is 9.36 Å². The molecule has 0 saturated heterocycles. The van der Waals surface area contributed by atoms with Crippen LogP contribution >= 0.6 is 15.9 Å². The van der Waals surface area contributed by atoms with Gasteiger partial charge in [-0.05, 0) is 42.3 Å². The van der Waals surface area contributed by atoms with Gasteiger partial charge in [-0.25, -0.2) is 0 Å². The Hall–Kier alpha value is -1.10. The van der Waals surface area contributed by atoms with Crippen molar-refractivity contribution >= 4 is 15.9 Å². The molecule has 2 rings (SSSR count). The first-order valence-corrected chi connectivity index (χ1v) is 6.69. The molecule has 0 amide bonds. The van der Waals surface area contributed by atoms with Crippen molar-refractivity contribution in [1.29, 1.82) is 0 Å². The van der Waals surface area contributed by atoms with E-state index in [1.165, 1.54) is 11.4 Å². The van der Waals surface area contributed by atoms with Gasteiger partial charge in [0.1, 0.15) is 0 Å². The maximum absolute atomic E-state index is 4.59. The molecule has 0 spiro atoms. The Morgan fingerprint density at radius 1 is 1.29 bits per heavy atom. The normalized spacial score (nSPS) is 11.1. The minimum absolute atomic E-state index is 0.764. The van der Waals surface area contributed by atoms with Crippen molar-refractivity contribution in [3.05, 3.63) is 33.8 Å². The number of nitrogens with zero attached hydrogens (tertiary/aromatic N) is 4. The molecule has 2 aromatic heterocycles. The van der Waals surface area contributed by atoms with Gasteiger partial charge in [-0.15, -0.1) is 0 Å². The first-order valence-electron chi connectivity index (χ1n) is 5.89. The van der Waals surface area contributed by atoms with Gasteiger partial charge in [-0.1, -0.05) is 6.92 Å². The maximum Gasteiger partial charge on any atom is 0.0842 e. The van der Waals surface area contributed by atoms with E-state index in [9.17, 15) is 0 Å². The maximum atomic E-state index is 4.59. The molecule has 0 aliphatic rings. The molecule has 0 fully saturated rings. The molecule has 0 saturated carbocycles. The summed E-state index contributed by atoms with van der Waals surface area (Å²) >= 11 is 3.65. The highest BCUT2D eigenvalue weighted by molar-refractivity contribution is 9.10. The Morgan fingerprint density at radius 3 is 2.59 bits per heavy atom. The second-order valence-corrected chi connectivity index (χ2v) is 4.80. The molecular weight excluding hydrogens is 280 g/mol. The molecule has 0 aromatic carbocycles. The zero-order valence-corrected chi connectivity index (χ0v) is 12.0. The van der Waals surface area contributed by atoms with Crippen molar-refractivity contribution in [1.82, 2.24) is 19.6 Å². The topological polar surface area (TPSA) is 35.6 Å². The second kappa shape index (κ2) is 5.04. The van der Waals surface area contributed by atoms with Crippen LogP contribution in [-0.2, 0) is 19.5 Å². The molecule has 0 aliphatic heterocycles. The van der Waals surface area contributed by atoms with Crippen LogP contribution in [0.15, 0.2) is 16.7 Å². The summed E-state index contributed by atoms with van der Waals surface area (Å²) in [5.74, 6) is 0. The molecule has 5 heteroatoms. The smallest absolute Gasteiger partial charge is 0.0842 e. The van der Waals surface area contributed by atoms with E-state index in [0.717, 1.165) is 29.7 Å². The van der Waals surface area contributed by atoms with Crippen LogP contribution in [0.4, 0.5) is 0 Å². The van der Waals surface area contributed by atoms with Crippen LogP contribution in [0.25, 0.3) is 0 Å². The molecule has 2 aromatic rings. The summed E-state index contributed by atoms with van der Waals surface area (Å²) in [6.07, 6.45) is 2.77. The summed E-state index contributed by atoms with van der Waals surface area (Å²) < 4.78 is 5.16. The average Bonchev–Trinajstić information content (AvgIpc) is 2.86. The molecule has 17 heavy (non-hydrogen) atoms. The highest BCUT2D eigenvalue weighted by Gasteiger charge is 2.14. The van der Waals surface area contributed by atoms with E-state index in [0.29, 0.717) is 0 Å². The van der Waals surface area contributed by atoms with Gasteiger partial charge in [0, 0.05) is 18.4 Å². The van der Waals surface area contributed by atoms with Crippen LogP contribution < -0.4 is 0 Å². The predicted molar refractivity (Wildman–Crippen MR) is 71.0 cm³/mol. The number of rotatable bonds is 4. The molecule has 0 aliphatic carbocycles. The number of hydrogen-bond donors (Lipinski definition) is 0. The fourth-order valence-corrected chi connectivity index (χ4v) is 2.56. The number of halogens is 1. The van der Waals surface area contributed by atoms with Crippen molar-refractivity contribution in [2.45, 2.75) is 40.3 Å². The molecular formula is C12H17BrN4. The molecule has 2 heterocycles. The monoisotopic (exact) mass is 296 g/mol. The second-order valence-electron chi connectivity index (χ2n) is 4.01. The van der Waals surface area contributed by atoms with Crippen LogP contribution in [0.2, 0.25) is 0 Å². The zero-order valence-electron chi connectivity index (χ0n) is 10.4. The van der Waals surface area contributed by atoms with Gasteiger partial charge in [0.25, 0.3) is 0 Å². The summed E-state index contributed by atoms with van der Waals surface area (Å²) in [4.78, 5) is 0. The predicted octanol–water partition coefficient (Wildman–Crippen LogP) is 2.78. The van der Waals surface area contributed by atoms with Crippen LogP contribution in [0, 0.1) is 6.92 Å². The highest BCUT2D eigenvalue weighted by Crippen LogP contribution is 2.23. The number of aromatic nitrogens is 4. The van der Waals surface area contributed by atoms with Crippen molar-refractivity contribution in [2.24, 2.45) is 0 Å². The van der Waals surface area contributed by atoms with E-state index in [1.54, 1.807) is 0 Å². The summed E-state index contributed by atoms with van der Waals surface area (Å²) in [6, 6.07) is 2.02. The average molecular weight is 297 g/mol. The third-order valence-corrected chi connectivity index (χ3v) is 3.84. The van der Waals surface area contributed by atoms with Crippen molar-refractivity contribution in [2.75, 3.05) is 0 Å². The van der Waals surface area contributed by atoms with E-state index in [4.69, 9.17) is 0 Å². The Morgan fingerprint density at radius 2 is 2.06 bits per heavy atom. The highest BCUT2D eigenvalue weighted by atomic mass is 79.9.